The summed E-state index contributed by atoms with van der Waals surface area (Å²) in [6.45, 7) is 0. The number of aromatic nitrogens is 4. The van der Waals surface area contributed by atoms with Gasteiger partial charge in [0.25, 0.3) is 0 Å². The molecule has 2 fully saturated rings. The van der Waals surface area contributed by atoms with Gasteiger partial charge in [-0.15, -0.1) is 0 Å². The molecule has 13 heteroatoms. The molecule has 0 aliphatic heterocycles. The van der Waals surface area contributed by atoms with Crippen molar-refractivity contribution in [2.24, 2.45) is 11.7 Å². The van der Waals surface area contributed by atoms with E-state index in [-0.39, 0.29) is 61.5 Å². The van der Waals surface area contributed by atoms with Crippen LogP contribution >= 0.6 is 0 Å². The highest BCUT2D eigenvalue weighted by molar-refractivity contribution is 5.78. The number of anilines is 3. The van der Waals surface area contributed by atoms with Gasteiger partial charge in [-0.1, -0.05) is 0 Å². The van der Waals surface area contributed by atoms with Crippen LogP contribution in [0.1, 0.15) is 57.4 Å². The number of amides is 1. The lowest BCUT2D eigenvalue weighted by atomic mass is 9.85. The number of nitrogens with two attached hydrogens (primary N) is 1. The van der Waals surface area contributed by atoms with Crippen molar-refractivity contribution in [3.05, 3.63) is 35.8 Å². The van der Waals surface area contributed by atoms with Crippen LogP contribution in [0.25, 0.3) is 11.2 Å². The third kappa shape index (κ3) is 5.30. The third-order valence-corrected chi connectivity index (χ3v) is 7.19. The summed E-state index contributed by atoms with van der Waals surface area (Å²) in [6, 6.07) is 0.670. The maximum Gasteiger partial charge on any atom is 0.248 e. The first-order valence-electron chi connectivity index (χ1n) is 12.2. The molecule has 0 unspecified atom stereocenters. The first-order chi connectivity index (χ1) is 17.6. The Hall–Kier alpha value is -3.51. The standard InChI is InChI=1S/C24H26F5N7O/c25-13-9-16(26)19(17(27)10-13)34-23-33-18-11-31-22(32-14-5-7-24(28,29)8-6-14)35-21(18)36(23)15-3-1-12(2-4-15)20(30)37/h9-12,14-15H,1-8H2,(H2,30,37)(H,33,34)(H,31,32,35)/t12-,15-. The van der Waals surface area contributed by atoms with Crippen molar-refractivity contribution in [2.75, 3.05) is 10.6 Å². The molecule has 2 aromatic heterocycles. The highest BCUT2D eigenvalue weighted by Gasteiger charge is 2.35. The molecule has 2 aliphatic carbocycles. The predicted molar refractivity (Wildman–Crippen MR) is 126 cm³/mol. The zero-order chi connectivity index (χ0) is 26.3. The molecule has 0 saturated heterocycles. The number of hydrogen-bond acceptors (Lipinski definition) is 6. The Balaban J connectivity index is 1.49. The van der Waals surface area contributed by atoms with Crippen molar-refractivity contribution in [1.29, 1.82) is 0 Å². The number of benzene rings is 1. The van der Waals surface area contributed by atoms with E-state index in [1.807, 2.05) is 0 Å². The number of hydrogen-bond donors (Lipinski definition) is 3. The molecule has 0 radical (unpaired) electrons. The van der Waals surface area contributed by atoms with Crippen LogP contribution < -0.4 is 16.4 Å². The molecule has 0 spiro atoms. The summed E-state index contributed by atoms with van der Waals surface area (Å²) in [6.07, 6.45) is 3.63. The number of carbonyl (C=O) groups excluding carboxylic acids is 1. The number of fused-ring (bicyclic) bond motifs is 1. The van der Waals surface area contributed by atoms with Crippen LogP contribution in [-0.2, 0) is 4.79 Å². The van der Waals surface area contributed by atoms with Crippen LogP contribution in [0.3, 0.4) is 0 Å². The number of rotatable bonds is 6. The van der Waals surface area contributed by atoms with Crippen molar-refractivity contribution < 1.29 is 26.7 Å². The van der Waals surface area contributed by atoms with Crippen LogP contribution in [0.4, 0.5) is 39.5 Å². The summed E-state index contributed by atoms with van der Waals surface area (Å²) in [4.78, 5) is 24.9. The highest BCUT2D eigenvalue weighted by Crippen LogP contribution is 2.38. The van der Waals surface area contributed by atoms with Crippen molar-refractivity contribution in [2.45, 2.75) is 69.4 Å². The van der Waals surface area contributed by atoms with Crippen molar-refractivity contribution >= 4 is 34.7 Å². The monoisotopic (exact) mass is 523 g/mol. The van der Waals surface area contributed by atoms with Gasteiger partial charge < -0.3 is 16.4 Å². The smallest absolute Gasteiger partial charge is 0.248 e. The Morgan fingerprint density at radius 3 is 2.27 bits per heavy atom. The number of carbonyl (C=O) groups is 1. The van der Waals surface area contributed by atoms with Gasteiger partial charge in [-0.3, -0.25) is 9.36 Å². The van der Waals surface area contributed by atoms with Gasteiger partial charge in [0.2, 0.25) is 23.7 Å². The van der Waals surface area contributed by atoms with Gasteiger partial charge in [0.15, 0.2) is 17.3 Å². The van der Waals surface area contributed by atoms with Crippen LogP contribution in [-0.4, -0.2) is 37.4 Å². The van der Waals surface area contributed by atoms with Crippen LogP contribution in [0.15, 0.2) is 18.3 Å². The minimum absolute atomic E-state index is 0.0747. The van der Waals surface area contributed by atoms with E-state index in [1.165, 1.54) is 6.20 Å². The minimum Gasteiger partial charge on any atom is -0.369 e. The summed E-state index contributed by atoms with van der Waals surface area (Å²) in [7, 11) is 0. The number of imidazole rings is 1. The van der Waals surface area contributed by atoms with E-state index in [1.54, 1.807) is 4.57 Å². The number of alkyl halides is 2. The van der Waals surface area contributed by atoms with Gasteiger partial charge in [-0.25, -0.2) is 31.9 Å². The van der Waals surface area contributed by atoms with Gasteiger partial charge in [-0.05, 0) is 38.5 Å². The average Bonchev–Trinajstić information content (AvgIpc) is 3.20. The van der Waals surface area contributed by atoms with E-state index < -0.39 is 29.1 Å². The second-order valence-electron chi connectivity index (χ2n) is 9.76. The molecule has 1 aromatic carbocycles. The van der Waals surface area contributed by atoms with Crippen LogP contribution in [0.5, 0.6) is 0 Å². The molecule has 37 heavy (non-hydrogen) atoms. The lowest BCUT2D eigenvalue weighted by Crippen LogP contribution is -2.32. The van der Waals surface area contributed by atoms with Crippen molar-refractivity contribution in [3.63, 3.8) is 0 Å². The minimum atomic E-state index is -2.67. The maximum atomic E-state index is 14.4. The molecular weight excluding hydrogens is 497 g/mol. The Morgan fingerprint density at radius 1 is 1.00 bits per heavy atom. The van der Waals surface area contributed by atoms with E-state index in [9.17, 15) is 26.7 Å². The SMILES string of the molecule is NC(=O)[C@H]1CC[C@H](n2c(Nc3c(F)cc(F)cc3F)nc3cnc(NC4CCC(F)(F)CC4)nc32)CC1. The lowest BCUT2D eigenvalue weighted by molar-refractivity contribution is -0.122. The summed E-state index contributed by atoms with van der Waals surface area (Å²) < 4.78 is 71.1. The summed E-state index contributed by atoms with van der Waals surface area (Å²) in [5.41, 5.74) is 5.60. The van der Waals surface area contributed by atoms with E-state index in [0.29, 0.717) is 49.0 Å². The Morgan fingerprint density at radius 2 is 1.65 bits per heavy atom. The van der Waals surface area contributed by atoms with Gasteiger partial charge in [0.1, 0.15) is 17.0 Å². The van der Waals surface area contributed by atoms with E-state index >= 15 is 0 Å². The van der Waals surface area contributed by atoms with Crippen LogP contribution in [0.2, 0.25) is 0 Å². The fourth-order valence-corrected chi connectivity index (χ4v) is 5.15. The first-order valence-corrected chi connectivity index (χ1v) is 12.2. The molecule has 5 rings (SSSR count). The molecule has 2 aliphatic rings. The third-order valence-electron chi connectivity index (χ3n) is 7.19. The lowest BCUT2D eigenvalue weighted by Gasteiger charge is -2.29. The van der Waals surface area contributed by atoms with Crippen molar-refractivity contribution in [3.8, 4) is 0 Å². The number of halogens is 5. The zero-order valence-corrected chi connectivity index (χ0v) is 19.8. The number of nitrogens with one attached hydrogen (secondary N) is 2. The van der Waals surface area contributed by atoms with Crippen molar-refractivity contribution in [1.82, 2.24) is 19.5 Å². The molecular formula is C24H26F5N7O. The van der Waals surface area contributed by atoms with E-state index in [2.05, 4.69) is 25.6 Å². The molecule has 4 N–H and O–H groups in total. The zero-order valence-electron chi connectivity index (χ0n) is 19.8. The molecule has 2 saturated carbocycles. The van der Waals surface area contributed by atoms with Gasteiger partial charge in [0, 0.05) is 43.0 Å². The highest BCUT2D eigenvalue weighted by atomic mass is 19.3. The summed E-state index contributed by atoms with van der Waals surface area (Å²) >= 11 is 0. The van der Waals surface area contributed by atoms with Gasteiger partial charge >= 0.3 is 0 Å². The quantitative estimate of drug-likeness (QED) is 0.384. The maximum absolute atomic E-state index is 14.4. The molecule has 0 atom stereocenters. The molecule has 198 valence electrons. The predicted octanol–water partition coefficient (Wildman–Crippen LogP) is 5.19. The molecule has 1 amide bonds. The largest absolute Gasteiger partial charge is 0.369 e. The Labute approximate surface area is 208 Å². The number of nitrogens with zero attached hydrogens (tertiary/aromatic N) is 4. The van der Waals surface area contributed by atoms with Gasteiger partial charge in [0.05, 0.1) is 6.20 Å². The fraction of sp³-hybridized carbons (Fsp3) is 0.500. The Kier molecular flexibility index (Phi) is 6.63. The summed E-state index contributed by atoms with van der Waals surface area (Å²) in [5, 5.41) is 5.75. The molecule has 8 nitrogen and oxygen atoms in total. The summed E-state index contributed by atoms with van der Waals surface area (Å²) in [5.74, 6) is -6.34. The molecule has 2 heterocycles. The second kappa shape index (κ2) is 9.75. The first kappa shape index (κ1) is 25.2. The van der Waals surface area contributed by atoms with E-state index in [4.69, 9.17) is 5.73 Å². The normalized spacial score (nSPS) is 22.2. The average molecular weight is 524 g/mol. The second-order valence-corrected chi connectivity index (χ2v) is 9.76. The fourth-order valence-electron chi connectivity index (χ4n) is 5.15. The van der Waals surface area contributed by atoms with Crippen LogP contribution in [0, 0.1) is 23.4 Å². The number of primary amides is 1. The Bertz CT molecular complexity index is 1290. The van der Waals surface area contributed by atoms with Gasteiger partial charge in [-0.2, -0.15) is 4.98 Å². The topological polar surface area (TPSA) is 111 Å². The van der Waals surface area contributed by atoms with E-state index in [0.717, 1.165) is 0 Å². The molecule has 3 aromatic rings. The molecule has 0 bridgehead atoms.